The molecule has 0 fully saturated rings. The van der Waals surface area contributed by atoms with Gasteiger partial charge >= 0.3 is 11.9 Å². The zero-order valence-corrected chi connectivity index (χ0v) is 13.8. The van der Waals surface area contributed by atoms with Crippen molar-refractivity contribution in [3.63, 3.8) is 0 Å². The van der Waals surface area contributed by atoms with Gasteiger partial charge in [0, 0.05) is 4.47 Å². The van der Waals surface area contributed by atoms with Crippen molar-refractivity contribution < 1.29 is 19.1 Å². The molecule has 4 nitrogen and oxygen atoms in total. The van der Waals surface area contributed by atoms with Gasteiger partial charge in [-0.15, -0.1) is 0 Å². The molecule has 0 amide bonds. The number of carbonyl (C=O) groups is 2. The summed E-state index contributed by atoms with van der Waals surface area (Å²) in [4.78, 5) is 23.8. The maximum atomic E-state index is 12.1. The molecule has 22 heavy (non-hydrogen) atoms. The van der Waals surface area contributed by atoms with Crippen molar-refractivity contribution in [3.8, 4) is 5.75 Å². The number of carbonyl (C=O) groups excluding carboxylic acids is 2. The Hall–Kier alpha value is -2.14. The minimum atomic E-state index is -0.468. The van der Waals surface area contributed by atoms with E-state index in [0.29, 0.717) is 21.3 Å². The van der Waals surface area contributed by atoms with E-state index < -0.39 is 11.9 Å². The zero-order chi connectivity index (χ0) is 16.1. The molecule has 2 rings (SSSR count). The van der Waals surface area contributed by atoms with E-state index in [9.17, 15) is 9.59 Å². The van der Waals surface area contributed by atoms with Gasteiger partial charge in [-0.25, -0.2) is 9.59 Å². The van der Waals surface area contributed by atoms with Gasteiger partial charge in [-0.2, -0.15) is 0 Å². The largest absolute Gasteiger partial charge is 0.459 e. The molecule has 0 aliphatic rings. The lowest BCUT2D eigenvalue weighted by molar-refractivity contribution is 0.0378. The van der Waals surface area contributed by atoms with Gasteiger partial charge < -0.3 is 9.47 Å². The van der Waals surface area contributed by atoms with E-state index in [2.05, 4.69) is 15.9 Å². The van der Waals surface area contributed by atoms with Crippen molar-refractivity contribution in [3.05, 3.63) is 64.1 Å². The molecule has 0 radical (unpaired) electrons. The zero-order valence-electron chi connectivity index (χ0n) is 12.2. The Morgan fingerprint density at radius 2 is 1.59 bits per heavy atom. The summed E-state index contributed by atoms with van der Waals surface area (Å²) in [6, 6.07) is 13.3. The SMILES string of the molecule is CC(C)OC(=O)c1ccc(OC(=O)c2ccccc2Br)cc1. The van der Waals surface area contributed by atoms with Gasteiger partial charge in [0.25, 0.3) is 0 Å². The van der Waals surface area contributed by atoms with Crippen LogP contribution in [-0.4, -0.2) is 18.0 Å². The van der Waals surface area contributed by atoms with Crippen LogP contribution in [0.4, 0.5) is 0 Å². The first-order chi connectivity index (χ1) is 10.5. The third-order valence-electron chi connectivity index (χ3n) is 2.74. The van der Waals surface area contributed by atoms with Gasteiger partial charge in [-0.05, 0) is 66.2 Å². The Labute approximate surface area is 137 Å². The first kappa shape index (κ1) is 16.2. The van der Waals surface area contributed by atoms with E-state index in [-0.39, 0.29) is 6.10 Å². The maximum absolute atomic E-state index is 12.1. The van der Waals surface area contributed by atoms with Crippen molar-refractivity contribution in [2.75, 3.05) is 0 Å². The van der Waals surface area contributed by atoms with Gasteiger partial charge in [0.15, 0.2) is 0 Å². The van der Waals surface area contributed by atoms with Gasteiger partial charge in [-0.3, -0.25) is 0 Å². The molecule has 2 aromatic carbocycles. The summed E-state index contributed by atoms with van der Waals surface area (Å²) in [5.41, 5.74) is 0.847. The minimum Gasteiger partial charge on any atom is -0.459 e. The second kappa shape index (κ2) is 7.22. The van der Waals surface area contributed by atoms with Crippen LogP contribution in [0.3, 0.4) is 0 Å². The van der Waals surface area contributed by atoms with Crippen LogP contribution in [0.25, 0.3) is 0 Å². The minimum absolute atomic E-state index is 0.180. The van der Waals surface area contributed by atoms with Gasteiger partial charge in [0.1, 0.15) is 5.75 Å². The highest BCUT2D eigenvalue weighted by molar-refractivity contribution is 9.10. The molecule has 0 heterocycles. The van der Waals surface area contributed by atoms with Crippen molar-refractivity contribution in [2.24, 2.45) is 0 Å². The molecule has 114 valence electrons. The topological polar surface area (TPSA) is 52.6 Å². The number of esters is 2. The molecule has 0 atom stereocenters. The molecule has 0 aromatic heterocycles. The normalized spacial score (nSPS) is 10.4. The van der Waals surface area contributed by atoms with Gasteiger partial charge in [0.05, 0.1) is 17.2 Å². The van der Waals surface area contributed by atoms with E-state index in [1.165, 1.54) is 0 Å². The molecule has 0 N–H and O–H groups in total. The Balaban J connectivity index is 2.07. The number of rotatable bonds is 4. The summed E-state index contributed by atoms with van der Waals surface area (Å²) in [5, 5.41) is 0. The first-order valence-electron chi connectivity index (χ1n) is 6.75. The van der Waals surface area contributed by atoms with Crippen LogP contribution in [0.2, 0.25) is 0 Å². The Morgan fingerprint density at radius 3 is 2.18 bits per heavy atom. The standard InChI is InChI=1S/C17H15BrO4/c1-11(2)21-16(19)12-7-9-13(10-8-12)22-17(20)14-5-3-4-6-15(14)18/h3-11H,1-2H3. The van der Waals surface area contributed by atoms with Crippen LogP contribution in [0.15, 0.2) is 53.0 Å². The first-order valence-corrected chi connectivity index (χ1v) is 7.54. The van der Waals surface area contributed by atoms with Crippen LogP contribution in [-0.2, 0) is 4.74 Å². The van der Waals surface area contributed by atoms with E-state index >= 15 is 0 Å². The number of hydrogen-bond acceptors (Lipinski definition) is 4. The summed E-state index contributed by atoms with van der Waals surface area (Å²) in [5.74, 6) is -0.509. The molecule has 5 heteroatoms. The predicted octanol–water partition coefficient (Wildman–Crippen LogP) is 4.23. The fraction of sp³-hybridized carbons (Fsp3) is 0.176. The van der Waals surface area contributed by atoms with Crippen LogP contribution in [0.1, 0.15) is 34.6 Å². The van der Waals surface area contributed by atoms with Crippen LogP contribution < -0.4 is 4.74 Å². The molecule has 0 spiro atoms. The highest BCUT2D eigenvalue weighted by atomic mass is 79.9. The fourth-order valence-corrected chi connectivity index (χ4v) is 2.18. The summed E-state index contributed by atoms with van der Waals surface area (Å²) in [6.07, 6.45) is -0.180. The van der Waals surface area contributed by atoms with Crippen molar-refractivity contribution >= 4 is 27.9 Å². The Kier molecular flexibility index (Phi) is 5.33. The lowest BCUT2D eigenvalue weighted by Crippen LogP contribution is -2.12. The third-order valence-corrected chi connectivity index (χ3v) is 3.43. The summed E-state index contributed by atoms with van der Waals surface area (Å²) < 4.78 is 11.0. The molecular weight excluding hydrogens is 348 g/mol. The molecule has 0 aliphatic carbocycles. The number of hydrogen-bond donors (Lipinski definition) is 0. The van der Waals surface area contributed by atoms with Gasteiger partial charge in [-0.1, -0.05) is 12.1 Å². The summed E-state index contributed by atoms with van der Waals surface area (Å²) in [6.45, 7) is 3.57. The molecule has 0 saturated carbocycles. The Bertz CT molecular complexity index is 677. The lowest BCUT2D eigenvalue weighted by Gasteiger charge is -2.09. The molecule has 0 bridgehead atoms. The van der Waals surface area contributed by atoms with E-state index in [0.717, 1.165) is 0 Å². The predicted molar refractivity (Wildman–Crippen MR) is 86.1 cm³/mol. The number of benzene rings is 2. The van der Waals surface area contributed by atoms with Crippen molar-refractivity contribution in [2.45, 2.75) is 20.0 Å². The average molecular weight is 363 g/mol. The smallest absolute Gasteiger partial charge is 0.344 e. The van der Waals surface area contributed by atoms with E-state index in [4.69, 9.17) is 9.47 Å². The lowest BCUT2D eigenvalue weighted by atomic mass is 10.2. The number of halogens is 1. The molecule has 0 unspecified atom stereocenters. The van der Waals surface area contributed by atoms with Crippen LogP contribution in [0, 0.1) is 0 Å². The Morgan fingerprint density at radius 1 is 0.955 bits per heavy atom. The second-order valence-corrected chi connectivity index (χ2v) is 5.70. The molecular formula is C17H15BrO4. The van der Waals surface area contributed by atoms with E-state index in [1.807, 2.05) is 6.07 Å². The van der Waals surface area contributed by atoms with Crippen LogP contribution in [0.5, 0.6) is 5.75 Å². The third kappa shape index (κ3) is 4.18. The van der Waals surface area contributed by atoms with E-state index in [1.54, 1.807) is 56.3 Å². The molecule has 2 aromatic rings. The average Bonchev–Trinajstić information content (AvgIpc) is 2.47. The van der Waals surface area contributed by atoms with Crippen molar-refractivity contribution in [1.29, 1.82) is 0 Å². The van der Waals surface area contributed by atoms with Gasteiger partial charge in [0.2, 0.25) is 0 Å². The summed E-state index contributed by atoms with van der Waals surface area (Å²) >= 11 is 3.30. The quantitative estimate of drug-likeness (QED) is 0.603. The number of ether oxygens (including phenoxy) is 2. The second-order valence-electron chi connectivity index (χ2n) is 4.85. The fourth-order valence-electron chi connectivity index (χ4n) is 1.73. The highest BCUT2D eigenvalue weighted by Crippen LogP contribution is 2.20. The molecule has 0 aliphatic heterocycles. The highest BCUT2D eigenvalue weighted by Gasteiger charge is 2.13. The maximum Gasteiger partial charge on any atom is 0.344 e. The molecule has 0 saturated heterocycles. The summed E-state index contributed by atoms with van der Waals surface area (Å²) in [7, 11) is 0. The van der Waals surface area contributed by atoms with Crippen LogP contribution >= 0.6 is 15.9 Å². The monoisotopic (exact) mass is 362 g/mol. The van der Waals surface area contributed by atoms with Crippen molar-refractivity contribution in [1.82, 2.24) is 0 Å².